The quantitative estimate of drug-likeness (QED) is 0.0490. The molecule has 476 valence electrons. The lowest BCUT2D eigenvalue weighted by molar-refractivity contribution is -0.144. The van der Waals surface area contributed by atoms with Crippen molar-refractivity contribution in [2.24, 2.45) is 0 Å². The minimum atomic E-state index is -3.74. The molecular formula is C71H75N3O14S3. The average molecular weight is 1290 g/mol. The summed E-state index contributed by atoms with van der Waals surface area (Å²) in [6.07, 6.45) is 0.917. The Hall–Kier alpha value is -9.24. The van der Waals surface area contributed by atoms with Crippen LogP contribution in [0.15, 0.2) is 199 Å². The Morgan fingerprint density at radius 2 is 0.692 bits per heavy atom. The highest BCUT2D eigenvalue weighted by molar-refractivity contribution is 7.92. The first kappa shape index (κ1) is 69.2. The van der Waals surface area contributed by atoms with Gasteiger partial charge in [-0.15, -0.1) is 0 Å². The number of Topliss-reactive ketones (excluding diaryl/α,β-unsaturated/α-hetero) is 2. The smallest absolute Gasteiger partial charge is 0.325 e. The molecule has 91 heavy (non-hydrogen) atoms. The van der Waals surface area contributed by atoms with E-state index in [0.29, 0.717) is 62.8 Å². The van der Waals surface area contributed by atoms with Crippen LogP contribution < -0.4 is 0 Å². The lowest BCUT2D eigenvalue weighted by Crippen LogP contribution is -2.15. The molecule has 0 atom stereocenters. The standard InChI is InChI=1S/C25H27NO5S.C23H23NO5S.C23H25NO4S/c1-5-31-24(28)16-26-17(2)22(25(18(26)3)19(4)27)15-20-11-9-10-14-23(20)32(29,30)21-12-7-6-8-13-21;1-15-20(23(17(3)25)16(2)24(15)14-22(26)27)13-18-9-7-8-12-21(18)30(28,29)19-10-5-4-6-11-19;1-4-28-23(25)16-24-17(2)14-20(18(24)3)15-19-10-8-9-13-22(19)29(26,27)21-11-6-5-7-12-21/h6-14H,5,15-16H2,1-4H3;4-12H,13-14H2,1-3H3,(H,26,27);5-14H,4,15-16H2,1-3H3. The van der Waals surface area contributed by atoms with Gasteiger partial charge in [0.2, 0.25) is 29.5 Å². The number of carboxylic acid groups (broad SMARTS) is 1. The molecule has 0 saturated carbocycles. The molecule has 9 aromatic rings. The van der Waals surface area contributed by atoms with E-state index in [-0.39, 0.29) is 87.1 Å². The van der Waals surface area contributed by atoms with Crippen LogP contribution in [-0.2, 0) is 92.3 Å². The third kappa shape index (κ3) is 15.9. The maximum absolute atomic E-state index is 13.3. The first-order chi connectivity index (χ1) is 43.2. The molecule has 9 rings (SSSR count). The highest BCUT2D eigenvalue weighted by atomic mass is 32.2. The first-order valence-corrected chi connectivity index (χ1v) is 33.8. The van der Waals surface area contributed by atoms with E-state index in [1.54, 1.807) is 195 Å². The molecule has 0 aliphatic heterocycles. The van der Waals surface area contributed by atoms with Gasteiger partial charge in [-0.05, 0) is 163 Å². The van der Waals surface area contributed by atoms with Gasteiger partial charge < -0.3 is 28.3 Å². The number of aromatic nitrogens is 3. The molecule has 0 radical (unpaired) electrons. The summed E-state index contributed by atoms with van der Waals surface area (Å²) >= 11 is 0. The second-order valence-corrected chi connectivity index (χ2v) is 27.4. The molecule has 17 nitrogen and oxygen atoms in total. The second-order valence-electron chi connectivity index (χ2n) is 21.6. The number of hydrogen-bond donors (Lipinski definition) is 1. The van der Waals surface area contributed by atoms with E-state index in [1.165, 1.54) is 13.8 Å². The van der Waals surface area contributed by atoms with Gasteiger partial charge in [-0.25, -0.2) is 25.3 Å². The number of rotatable bonds is 22. The Morgan fingerprint density at radius 3 is 1.02 bits per heavy atom. The summed E-state index contributed by atoms with van der Waals surface area (Å²) in [5, 5.41) is 9.24. The fourth-order valence-electron chi connectivity index (χ4n) is 11.3. The molecule has 0 bridgehead atoms. The summed E-state index contributed by atoms with van der Waals surface area (Å²) < 4.78 is 94.7. The van der Waals surface area contributed by atoms with Crippen molar-refractivity contribution in [1.29, 1.82) is 0 Å². The van der Waals surface area contributed by atoms with Gasteiger partial charge in [0.1, 0.15) is 19.6 Å². The molecule has 0 fully saturated rings. The molecule has 3 aromatic heterocycles. The number of sulfone groups is 3. The zero-order valence-electron chi connectivity index (χ0n) is 52.6. The Bertz CT molecular complexity index is 4510. The molecule has 0 unspecified atom stereocenters. The summed E-state index contributed by atoms with van der Waals surface area (Å²) in [6.45, 7) is 17.9. The van der Waals surface area contributed by atoms with Gasteiger partial charge in [0.05, 0.1) is 42.6 Å². The largest absolute Gasteiger partial charge is 0.480 e. The van der Waals surface area contributed by atoms with Crippen LogP contribution in [0, 0.1) is 41.5 Å². The van der Waals surface area contributed by atoms with Gasteiger partial charge in [0.25, 0.3) is 0 Å². The lowest BCUT2D eigenvalue weighted by atomic mass is 9.98. The monoisotopic (exact) mass is 1290 g/mol. The molecule has 3 heterocycles. The average Bonchev–Trinajstić information content (AvgIpc) is 1.95. The summed E-state index contributed by atoms with van der Waals surface area (Å²) in [5.74, 6) is -2.00. The van der Waals surface area contributed by atoms with E-state index >= 15 is 0 Å². The number of esters is 2. The van der Waals surface area contributed by atoms with Crippen molar-refractivity contribution in [2.75, 3.05) is 13.2 Å². The number of carbonyl (C=O) groups excluding carboxylic acids is 4. The molecule has 20 heteroatoms. The van der Waals surface area contributed by atoms with Crippen LogP contribution in [-0.4, -0.2) is 86.7 Å². The lowest BCUT2D eigenvalue weighted by Gasteiger charge is -2.12. The predicted octanol–water partition coefficient (Wildman–Crippen LogP) is 12.2. The first-order valence-electron chi connectivity index (χ1n) is 29.4. The Morgan fingerprint density at radius 1 is 0.385 bits per heavy atom. The molecule has 1 N–H and O–H groups in total. The zero-order chi connectivity index (χ0) is 66.5. The van der Waals surface area contributed by atoms with Crippen molar-refractivity contribution >= 4 is 59.0 Å². The topological polar surface area (TPSA) is 241 Å². The minimum absolute atomic E-state index is 0.00422. The number of carbonyl (C=O) groups is 5. The minimum Gasteiger partial charge on any atom is -0.480 e. The molecule has 0 amide bonds. The van der Waals surface area contributed by atoms with Crippen LogP contribution in [0.4, 0.5) is 0 Å². The van der Waals surface area contributed by atoms with Gasteiger partial charge in [0, 0.05) is 64.6 Å². The molecular weight excluding hydrogens is 1210 g/mol. The number of ether oxygens (including phenoxy) is 2. The van der Waals surface area contributed by atoms with Gasteiger partial charge in [-0.1, -0.05) is 109 Å². The summed E-state index contributed by atoms with van der Waals surface area (Å²) in [4.78, 5) is 61.5. The third-order valence-electron chi connectivity index (χ3n) is 15.7. The third-order valence-corrected chi connectivity index (χ3v) is 21.4. The Balaban J connectivity index is 0.000000194. The summed E-state index contributed by atoms with van der Waals surface area (Å²) in [7, 11) is -11.1. The molecule has 0 spiro atoms. The zero-order valence-corrected chi connectivity index (χ0v) is 55.1. The Kier molecular flexibility index (Phi) is 22.9. The number of nitrogens with zero attached hydrogens (tertiary/aromatic N) is 3. The van der Waals surface area contributed by atoms with Crippen LogP contribution in [0.3, 0.4) is 0 Å². The van der Waals surface area contributed by atoms with Gasteiger partial charge in [-0.3, -0.25) is 24.0 Å². The number of aliphatic carboxylic acids is 1. The van der Waals surface area contributed by atoms with E-state index in [4.69, 9.17) is 9.47 Å². The predicted molar refractivity (Wildman–Crippen MR) is 346 cm³/mol. The maximum Gasteiger partial charge on any atom is 0.325 e. The van der Waals surface area contributed by atoms with Gasteiger partial charge >= 0.3 is 17.9 Å². The van der Waals surface area contributed by atoms with Crippen LogP contribution >= 0.6 is 0 Å². The number of hydrogen-bond acceptors (Lipinski definition) is 13. The van der Waals surface area contributed by atoms with Crippen molar-refractivity contribution in [3.63, 3.8) is 0 Å². The van der Waals surface area contributed by atoms with E-state index in [0.717, 1.165) is 33.8 Å². The molecule has 0 aliphatic carbocycles. The van der Waals surface area contributed by atoms with Crippen LogP contribution in [0.25, 0.3) is 0 Å². The van der Waals surface area contributed by atoms with Crippen molar-refractivity contribution in [3.8, 4) is 0 Å². The Labute approximate surface area is 532 Å². The molecule has 6 aromatic carbocycles. The van der Waals surface area contributed by atoms with E-state index in [9.17, 15) is 54.3 Å². The highest BCUT2D eigenvalue weighted by Crippen LogP contribution is 2.34. The van der Waals surface area contributed by atoms with Crippen molar-refractivity contribution in [3.05, 3.63) is 249 Å². The fraction of sp³-hybridized carbons (Fsp3) is 0.254. The second kappa shape index (κ2) is 30.0. The maximum atomic E-state index is 13.3. The van der Waals surface area contributed by atoms with Crippen molar-refractivity contribution in [1.82, 2.24) is 13.7 Å². The number of aryl methyl sites for hydroxylation is 1. The van der Waals surface area contributed by atoms with E-state index < -0.39 is 35.5 Å². The fourth-order valence-corrected chi connectivity index (χ4v) is 15.9. The number of benzene rings is 6. The van der Waals surface area contributed by atoms with Gasteiger partial charge in [0.15, 0.2) is 11.6 Å². The number of carboxylic acids is 1. The van der Waals surface area contributed by atoms with Crippen molar-refractivity contribution < 1.29 is 63.8 Å². The summed E-state index contributed by atoms with van der Waals surface area (Å²) in [6, 6.07) is 47.5. The van der Waals surface area contributed by atoms with E-state index in [1.807, 2.05) is 43.5 Å². The van der Waals surface area contributed by atoms with Crippen LogP contribution in [0.1, 0.15) is 116 Å². The molecule has 0 aliphatic rings. The van der Waals surface area contributed by atoms with Gasteiger partial charge in [-0.2, -0.15) is 0 Å². The SMILES string of the molecule is CC(=O)c1c(Cc2ccccc2S(=O)(=O)c2ccccc2)c(C)n(CC(=O)O)c1C.CCOC(=O)Cn1c(C)c(Cc2ccccc2S(=O)(=O)c2ccccc2)c(C(C)=O)c1C.CCOC(=O)Cn1c(C)cc(Cc2ccccc2S(=O)(=O)c2ccccc2)c1C. The summed E-state index contributed by atoms with van der Waals surface area (Å²) in [5.41, 5.74) is 9.69. The highest BCUT2D eigenvalue weighted by Gasteiger charge is 2.29. The number of ketones is 2. The normalized spacial score (nSPS) is 11.4. The van der Waals surface area contributed by atoms with E-state index in [2.05, 4.69) is 0 Å². The van der Waals surface area contributed by atoms with Crippen LogP contribution in [0.5, 0.6) is 0 Å². The van der Waals surface area contributed by atoms with Crippen LogP contribution in [0.2, 0.25) is 0 Å². The van der Waals surface area contributed by atoms with Crippen molar-refractivity contribution in [2.45, 2.75) is 138 Å². The molecule has 0 saturated heterocycles.